The smallest absolute Gasteiger partial charge is 0.115 e. The van der Waals surface area contributed by atoms with Crippen LogP contribution in [0, 0.1) is 0 Å². The zero-order valence-corrected chi connectivity index (χ0v) is 9.49. The van der Waals surface area contributed by atoms with Gasteiger partial charge in [-0.15, -0.1) is 0 Å². The summed E-state index contributed by atoms with van der Waals surface area (Å²) in [5.41, 5.74) is 2.19. The highest BCUT2D eigenvalue weighted by atomic mass is 16.5. The topological polar surface area (TPSA) is 9.23 Å². The molecule has 0 aromatic heterocycles. The van der Waals surface area contributed by atoms with Gasteiger partial charge in [0.2, 0.25) is 0 Å². The van der Waals surface area contributed by atoms with Gasteiger partial charge in [-0.05, 0) is 18.1 Å². The Labute approximate surface area is 92.1 Å². The normalized spacial score (nSPS) is 11.9. The minimum atomic E-state index is 0.255. The molecule has 0 radical (unpaired) electrons. The van der Waals surface area contributed by atoms with Crippen molar-refractivity contribution in [3.63, 3.8) is 0 Å². The maximum absolute atomic E-state index is 5.35. The Morgan fingerprint density at radius 1 is 1.27 bits per heavy atom. The Kier molecular flexibility index (Phi) is 4.17. The Bertz CT molecular complexity index is 338. The highest BCUT2D eigenvalue weighted by Gasteiger charge is 2.12. The fourth-order valence-corrected chi connectivity index (χ4v) is 1.45. The van der Waals surface area contributed by atoms with Gasteiger partial charge in [0.1, 0.15) is 5.76 Å². The molecular weight excluding hydrogens is 184 g/mol. The summed E-state index contributed by atoms with van der Waals surface area (Å²) in [5.74, 6) is 0.944. The van der Waals surface area contributed by atoms with Crippen molar-refractivity contribution in [1.29, 1.82) is 0 Å². The molecule has 0 amide bonds. The summed E-state index contributed by atoms with van der Waals surface area (Å²) < 4.78 is 5.35. The van der Waals surface area contributed by atoms with Crippen LogP contribution in [0.4, 0.5) is 0 Å². The Morgan fingerprint density at radius 3 is 2.40 bits per heavy atom. The highest BCUT2D eigenvalue weighted by molar-refractivity contribution is 5.34. The van der Waals surface area contributed by atoms with Gasteiger partial charge in [0.25, 0.3) is 0 Å². The number of ether oxygens (including phenoxy) is 1. The molecule has 1 aromatic rings. The summed E-state index contributed by atoms with van der Waals surface area (Å²) in [6.45, 7) is 12.6. The van der Waals surface area contributed by atoms with Crippen LogP contribution >= 0.6 is 0 Å². The molecule has 0 aliphatic heterocycles. The van der Waals surface area contributed by atoms with Crippen molar-refractivity contribution in [2.75, 3.05) is 6.61 Å². The lowest BCUT2D eigenvalue weighted by atomic mass is 9.93. The third kappa shape index (κ3) is 2.98. The first-order chi connectivity index (χ1) is 7.16. The second kappa shape index (κ2) is 5.40. The van der Waals surface area contributed by atoms with Crippen molar-refractivity contribution >= 4 is 0 Å². The van der Waals surface area contributed by atoms with Gasteiger partial charge >= 0.3 is 0 Å². The first-order valence-corrected chi connectivity index (χ1v) is 5.22. The Hall–Kier alpha value is -1.50. The maximum atomic E-state index is 5.35. The fourth-order valence-electron chi connectivity index (χ4n) is 1.45. The van der Waals surface area contributed by atoms with Crippen LogP contribution in [0.15, 0.2) is 54.8 Å². The molecule has 0 aliphatic rings. The summed E-state index contributed by atoms with van der Waals surface area (Å²) >= 11 is 0. The zero-order valence-electron chi connectivity index (χ0n) is 9.49. The average Bonchev–Trinajstić information content (AvgIpc) is 2.28. The molecule has 1 unspecified atom stereocenters. The molecule has 1 rings (SSSR count). The first kappa shape index (κ1) is 11.6. The van der Waals surface area contributed by atoms with E-state index in [1.165, 1.54) is 5.56 Å². The summed E-state index contributed by atoms with van der Waals surface area (Å²) in [5, 5.41) is 0. The first-order valence-electron chi connectivity index (χ1n) is 5.22. The number of allylic oxidation sites excluding steroid dienone is 1. The molecule has 0 saturated heterocycles. The second-order valence-corrected chi connectivity index (χ2v) is 3.51. The lowest BCUT2D eigenvalue weighted by Gasteiger charge is -2.17. The van der Waals surface area contributed by atoms with Gasteiger partial charge in [0.15, 0.2) is 0 Å². The van der Waals surface area contributed by atoms with E-state index < -0.39 is 0 Å². The van der Waals surface area contributed by atoms with E-state index >= 15 is 0 Å². The number of rotatable bonds is 5. The van der Waals surface area contributed by atoms with Crippen LogP contribution in [0.1, 0.15) is 25.3 Å². The summed E-state index contributed by atoms with van der Waals surface area (Å²) in [4.78, 5) is 0. The molecule has 0 spiro atoms. The van der Waals surface area contributed by atoms with Crippen molar-refractivity contribution in [3.8, 4) is 0 Å². The van der Waals surface area contributed by atoms with E-state index in [-0.39, 0.29) is 5.92 Å². The van der Waals surface area contributed by atoms with Crippen LogP contribution in [0.2, 0.25) is 0 Å². The Balaban J connectivity index is 2.73. The maximum Gasteiger partial charge on any atom is 0.115 e. The third-order valence-corrected chi connectivity index (χ3v) is 2.50. The lowest BCUT2D eigenvalue weighted by Crippen LogP contribution is -2.02. The summed E-state index contributed by atoms with van der Waals surface area (Å²) in [6.07, 6.45) is 0. The van der Waals surface area contributed by atoms with E-state index in [1.54, 1.807) is 0 Å². The van der Waals surface area contributed by atoms with Gasteiger partial charge in [-0.1, -0.05) is 50.4 Å². The van der Waals surface area contributed by atoms with E-state index in [1.807, 2.05) is 25.1 Å². The van der Waals surface area contributed by atoms with Gasteiger partial charge in [-0.2, -0.15) is 0 Å². The number of benzene rings is 1. The third-order valence-electron chi connectivity index (χ3n) is 2.50. The zero-order chi connectivity index (χ0) is 11.3. The SMILES string of the molecule is C=C(OCC)C(=C)C(C)c1ccccc1. The van der Waals surface area contributed by atoms with Crippen LogP contribution in [0.25, 0.3) is 0 Å². The molecule has 0 heterocycles. The van der Waals surface area contributed by atoms with E-state index in [2.05, 4.69) is 32.2 Å². The van der Waals surface area contributed by atoms with Crippen LogP contribution in [0.5, 0.6) is 0 Å². The minimum absolute atomic E-state index is 0.255. The molecule has 0 saturated carbocycles. The number of hydrogen-bond donors (Lipinski definition) is 0. The van der Waals surface area contributed by atoms with Crippen LogP contribution in [-0.4, -0.2) is 6.61 Å². The fraction of sp³-hybridized carbons (Fsp3) is 0.286. The van der Waals surface area contributed by atoms with Gasteiger partial charge in [0, 0.05) is 5.92 Å². The lowest BCUT2D eigenvalue weighted by molar-refractivity contribution is 0.236. The molecule has 0 N–H and O–H groups in total. The molecule has 0 fully saturated rings. The number of hydrogen-bond acceptors (Lipinski definition) is 1. The standard InChI is InChI=1S/C14H18O/c1-5-15-13(4)11(2)12(3)14-9-7-6-8-10-14/h6-10,12H,2,4-5H2,1,3H3. The molecule has 1 aromatic carbocycles. The monoisotopic (exact) mass is 202 g/mol. The van der Waals surface area contributed by atoms with Crippen LogP contribution in [-0.2, 0) is 4.74 Å². The highest BCUT2D eigenvalue weighted by Crippen LogP contribution is 2.27. The molecule has 1 heteroatoms. The van der Waals surface area contributed by atoms with Crippen molar-refractivity contribution < 1.29 is 4.74 Å². The van der Waals surface area contributed by atoms with E-state index in [9.17, 15) is 0 Å². The molecule has 1 atom stereocenters. The Morgan fingerprint density at radius 2 is 1.87 bits per heavy atom. The van der Waals surface area contributed by atoms with Gasteiger partial charge in [-0.25, -0.2) is 0 Å². The average molecular weight is 202 g/mol. The summed E-state index contributed by atoms with van der Waals surface area (Å²) in [6, 6.07) is 10.3. The van der Waals surface area contributed by atoms with Gasteiger partial charge < -0.3 is 4.74 Å². The van der Waals surface area contributed by atoms with Crippen LogP contribution < -0.4 is 0 Å². The quantitative estimate of drug-likeness (QED) is 0.520. The molecule has 0 aliphatic carbocycles. The van der Waals surface area contributed by atoms with Crippen molar-refractivity contribution in [1.82, 2.24) is 0 Å². The van der Waals surface area contributed by atoms with Gasteiger partial charge in [-0.3, -0.25) is 0 Å². The molecule has 15 heavy (non-hydrogen) atoms. The van der Waals surface area contributed by atoms with Crippen molar-refractivity contribution in [2.45, 2.75) is 19.8 Å². The van der Waals surface area contributed by atoms with Gasteiger partial charge in [0.05, 0.1) is 6.61 Å². The second-order valence-electron chi connectivity index (χ2n) is 3.51. The summed E-state index contributed by atoms with van der Waals surface area (Å²) in [7, 11) is 0. The largest absolute Gasteiger partial charge is 0.494 e. The van der Waals surface area contributed by atoms with E-state index in [0.717, 1.165) is 5.57 Å². The molecular formula is C14H18O. The molecule has 0 bridgehead atoms. The minimum Gasteiger partial charge on any atom is -0.494 e. The van der Waals surface area contributed by atoms with Crippen molar-refractivity contribution in [2.24, 2.45) is 0 Å². The van der Waals surface area contributed by atoms with E-state index in [0.29, 0.717) is 12.4 Å². The predicted molar refractivity (Wildman–Crippen MR) is 64.8 cm³/mol. The predicted octanol–water partition coefficient (Wildman–Crippen LogP) is 3.90. The molecule has 80 valence electrons. The van der Waals surface area contributed by atoms with Crippen molar-refractivity contribution in [3.05, 3.63) is 60.4 Å². The van der Waals surface area contributed by atoms with Crippen LogP contribution in [0.3, 0.4) is 0 Å². The molecule has 1 nitrogen and oxygen atoms in total. The van der Waals surface area contributed by atoms with E-state index in [4.69, 9.17) is 4.74 Å².